The predicted octanol–water partition coefficient (Wildman–Crippen LogP) is 5.20. The Morgan fingerprint density at radius 2 is 2.00 bits per heavy atom. The van der Waals surface area contributed by atoms with Gasteiger partial charge < -0.3 is 5.11 Å². The monoisotopic (exact) mass is 403 g/mol. The fourth-order valence-corrected chi connectivity index (χ4v) is 3.39. The SMILES string of the molecule is C=CCN=c1scc(-c2ccc(Cl)c(Cl)c2)n1N=Cc1cccc(O)c1. The molecule has 0 fully saturated rings. The summed E-state index contributed by atoms with van der Waals surface area (Å²) in [5.41, 5.74) is 2.50. The maximum Gasteiger partial charge on any atom is 0.206 e. The quantitative estimate of drug-likeness (QED) is 0.461. The van der Waals surface area contributed by atoms with Crippen molar-refractivity contribution < 1.29 is 5.11 Å². The van der Waals surface area contributed by atoms with E-state index in [-0.39, 0.29) is 5.75 Å². The van der Waals surface area contributed by atoms with Crippen molar-refractivity contribution in [1.29, 1.82) is 0 Å². The smallest absolute Gasteiger partial charge is 0.206 e. The standard InChI is InChI=1S/C19H15Cl2N3OS/c1-2-8-22-19-24(23-11-13-4-3-5-15(25)9-13)18(12-26-19)14-6-7-16(20)17(21)10-14/h2-7,9-12,25H,1,8H2. The highest BCUT2D eigenvalue weighted by Gasteiger charge is 2.09. The molecule has 3 aromatic rings. The van der Waals surface area contributed by atoms with Crippen molar-refractivity contribution in [3.8, 4) is 17.0 Å². The molecule has 0 aliphatic rings. The Morgan fingerprint density at radius 1 is 1.15 bits per heavy atom. The average molecular weight is 404 g/mol. The molecule has 0 unspecified atom stereocenters. The summed E-state index contributed by atoms with van der Waals surface area (Å²) >= 11 is 13.6. The van der Waals surface area contributed by atoms with E-state index in [4.69, 9.17) is 23.2 Å². The van der Waals surface area contributed by atoms with Crippen LogP contribution in [0.15, 0.2) is 70.6 Å². The molecule has 0 aliphatic heterocycles. The highest BCUT2D eigenvalue weighted by atomic mass is 35.5. The molecule has 0 aliphatic carbocycles. The molecule has 4 nitrogen and oxygen atoms in total. The number of aromatic nitrogens is 1. The molecule has 3 rings (SSSR count). The first-order valence-corrected chi connectivity index (χ1v) is 9.33. The first-order valence-electron chi connectivity index (χ1n) is 7.69. The van der Waals surface area contributed by atoms with E-state index in [2.05, 4.69) is 16.7 Å². The summed E-state index contributed by atoms with van der Waals surface area (Å²) in [4.78, 5) is 5.21. The van der Waals surface area contributed by atoms with E-state index in [1.165, 1.54) is 11.3 Å². The van der Waals surface area contributed by atoms with Crippen LogP contribution in [0.25, 0.3) is 11.3 Å². The van der Waals surface area contributed by atoms with E-state index in [0.717, 1.165) is 21.6 Å². The van der Waals surface area contributed by atoms with E-state index < -0.39 is 0 Å². The summed E-state index contributed by atoms with van der Waals surface area (Å²) in [5, 5.41) is 17.1. The summed E-state index contributed by atoms with van der Waals surface area (Å²) in [5.74, 6) is 0.186. The maximum atomic E-state index is 9.61. The third kappa shape index (κ3) is 4.25. The normalized spacial score (nSPS) is 12.0. The fourth-order valence-electron chi connectivity index (χ4n) is 2.25. The van der Waals surface area contributed by atoms with Gasteiger partial charge in [-0.1, -0.05) is 47.5 Å². The summed E-state index contributed by atoms with van der Waals surface area (Å²) in [6.07, 6.45) is 3.39. The van der Waals surface area contributed by atoms with Crippen LogP contribution < -0.4 is 4.80 Å². The van der Waals surface area contributed by atoms with Gasteiger partial charge in [0.25, 0.3) is 0 Å². The summed E-state index contributed by atoms with van der Waals surface area (Å²) < 4.78 is 1.73. The van der Waals surface area contributed by atoms with Gasteiger partial charge in [0.1, 0.15) is 5.75 Å². The van der Waals surface area contributed by atoms with Crippen LogP contribution in [0.5, 0.6) is 5.75 Å². The molecule has 1 heterocycles. The molecule has 0 atom stereocenters. The number of nitrogens with zero attached hydrogens (tertiary/aromatic N) is 3. The first-order chi connectivity index (χ1) is 12.6. The Morgan fingerprint density at radius 3 is 2.73 bits per heavy atom. The van der Waals surface area contributed by atoms with Crippen molar-refractivity contribution in [3.63, 3.8) is 0 Å². The van der Waals surface area contributed by atoms with E-state index in [1.807, 2.05) is 17.5 Å². The lowest BCUT2D eigenvalue weighted by Gasteiger charge is -2.05. The van der Waals surface area contributed by atoms with Gasteiger partial charge in [0, 0.05) is 10.9 Å². The number of halogens is 2. The molecule has 0 spiro atoms. The van der Waals surface area contributed by atoms with Crippen LogP contribution in [0.2, 0.25) is 10.0 Å². The summed E-state index contributed by atoms with van der Waals surface area (Å²) in [6, 6.07) is 12.3. The van der Waals surface area contributed by atoms with E-state index in [1.54, 1.807) is 47.3 Å². The topological polar surface area (TPSA) is 49.9 Å². The van der Waals surface area contributed by atoms with E-state index >= 15 is 0 Å². The van der Waals surface area contributed by atoms with Crippen molar-refractivity contribution >= 4 is 40.8 Å². The molecular formula is C19H15Cl2N3OS. The van der Waals surface area contributed by atoms with Crippen LogP contribution in [0.3, 0.4) is 0 Å². The Labute approximate surface area is 165 Å². The largest absolute Gasteiger partial charge is 0.508 e. The molecule has 0 radical (unpaired) electrons. The Kier molecular flexibility index (Phi) is 5.93. The molecular weight excluding hydrogens is 389 g/mol. The first kappa shape index (κ1) is 18.5. The number of aromatic hydroxyl groups is 1. The zero-order chi connectivity index (χ0) is 18.5. The second-order valence-corrected chi connectivity index (χ2v) is 6.96. The molecule has 26 heavy (non-hydrogen) atoms. The summed E-state index contributed by atoms with van der Waals surface area (Å²) in [7, 11) is 0. The van der Waals surface area contributed by atoms with Gasteiger partial charge in [0.05, 0.1) is 28.5 Å². The van der Waals surface area contributed by atoms with Crippen molar-refractivity contribution in [2.45, 2.75) is 0 Å². The van der Waals surface area contributed by atoms with Crippen LogP contribution in [0, 0.1) is 0 Å². The van der Waals surface area contributed by atoms with Crippen LogP contribution >= 0.6 is 34.5 Å². The zero-order valence-corrected chi connectivity index (χ0v) is 16.0. The Balaban J connectivity index is 2.09. The molecule has 1 aromatic heterocycles. The lowest BCUT2D eigenvalue weighted by molar-refractivity contribution is 0.475. The highest BCUT2D eigenvalue weighted by Crippen LogP contribution is 2.28. The molecule has 0 bridgehead atoms. The highest BCUT2D eigenvalue weighted by molar-refractivity contribution is 7.07. The third-order valence-electron chi connectivity index (χ3n) is 3.45. The molecule has 132 valence electrons. The van der Waals surface area contributed by atoms with E-state index in [9.17, 15) is 5.11 Å². The van der Waals surface area contributed by atoms with Gasteiger partial charge in [-0.05, 0) is 29.8 Å². The number of thiazole rings is 1. The molecule has 7 heteroatoms. The van der Waals surface area contributed by atoms with E-state index in [0.29, 0.717) is 16.6 Å². The maximum absolute atomic E-state index is 9.61. The molecule has 0 saturated carbocycles. The average Bonchev–Trinajstić information content (AvgIpc) is 3.03. The van der Waals surface area contributed by atoms with Gasteiger partial charge in [-0.3, -0.25) is 4.99 Å². The minimum Gasteiger partial charge on any atom is -0.508 e. The zero-order valence-electron chi connectivity index (χ0n) is 13.6. The van der Waals surface area contributed by atoms with Crippen LogP contribution in [0.4, 0.5) is 0 Å². The van der Waals surface area contributed by atoms with Gasteiger partial charge in [-0.25, -0.2) is 4.68 Å². The van der Waals surface area contributed by atoms with Gasteiger partial charge in [0.2, 0.25) is 4.80 Å². The predicted molar refractivity (Wildman–Crippen MR) is 109 cm³/mol. The number of rotatable bonds is 5. The number of phenols is 1. The van der Waals surface area contributed by atoms with Crippen molar-refractivity contribution in [3.05, 3.63) is 80.9 Å². The van der Waals surface area contributed by atoms with Gasteiger partial charge in [-0.2, -0.15) is 5.10 Å². The van der Waals surface area contributed by atoms with Crippen molar-refractivity contribution in [2.75, 3.05) is 6.54 Å². The molecule has 0 saturated heterocycles. The third-order valence-corrected chi connectivity index (χ3v) is 5.04. The van der Waals surface area contributed by atoms with Crippen LogP contribution in [0.1, 0.15) is 5.56 Å². The Hall–Kier alpha value is -2.34. The molecule has 2 aromatic carbocycles. The Bertz CT molecular complexity index is 1040. The molecule has 1 N–H and O–H groups in total. The van der Waals surface area contributed by atoms with Crippen molar-refractivity contribution in [2.24, 2.45) is 10.1 Å². The minimum absolute atomic E-state index is 0.186. The second-order valence-electron chi connectivity index (χ2n) is 5.31. The fraction of sp³-hybridized carbons (Fsp3) is 0.0526. The number of phenolic OH excluding ortho intramolecular Hbond substituents is 1. The number of benzene rings is 2. The lowest BCUT2D eigenvalue weighted by Crippen LogP contribution is -2.12. The van der Waals surface area contributed by atoms with Crippen LogP contribution in [-0.2, 0) is 0 Å². The number of hydrogen-bond donors (Lipinski definition) is 1. The van der Waals surface area contributed by atoms with Gasteiger partial charge >= 0.3 is 0 Å². The van der Waals surface area contributed by atoms with Crippen molar-refractivity contribution in [1.82, 2.24) is 4.68 Å². The van der Waals surface area contributed by atoms with Gasteiger partial charge in [-0.15, -0.1) is 17.9 Å². The van der Waals surface area contributed by atoms with Crippen LogP contribution in [-0.4, -0.2) is 22.5 Å². The minimum atomic E-state index is 0.186. The molecule has 0 amide bonds. The summed E-state index contributed by atoms with van der Waals surface area (Å²) in [6.45, 7) is 4.19. The second kappa shape index (κ2) is 8.36. The van der Waals surface area contributed by atoms with Gasteiger partial charge in [0.15, 0.2) is 0 Å². The lowest BCUT2D eigenvalue weighted by atomic mass is 10.2. The number of hydrogen-bond acceptors (Lipinski definition) is 4.